The zero-order valence-electron chi connectivity index (χ0n) is 4.42. The summed E-state index contributed by atoms with van der Waals surface area (Å²) in [5.74, 6) is 0. The van der Waals surface area contributed by atoms with Crippen molar-refractivity contribution in [2.75, 3.05) is 0 Å². The second-order valence-electron chi connectivity index (χ2n) is 0.981. The molecule has 3 N–H and O–H groups in total. The molecule has 0 fully saturated rings. The molecule has 1 radical (unpaired) electrons. The quantitative estimate of drug-likeness (QED) is 0.360. The maximum atomic E-state index is 9.69. The molecule has 39 valence electrons. The Morgan fingerprint density at radius 1 is 1.86 bits per heavy atom. The molecule has 0 aromatic rings. The Morgan fingerprint density at radius 2 is 2.00 bits per heavy atom. The topological polar surface area (TPSA) is 63.3 Å². The summed E-state index contributed by atoms with van der Waals surface area (Å²) in [6, 6.07) is 0. The van der Waals surface area contributed by atoms with Crippen LogP contribution in [0, 0.1) is 0 Å². The third-order valence-corrected chi connectivity index (χ3v) is 0.954. The van der Waals surface area contributed by atoms with Crippen LogP contribution in [-0.2, 0) is 11.1 Å². The molecule has 0 saturated heterocycles. The van der Waals surface area contributed by atoms with Crippen LogP contribution >= 0.6 is 0 Å². The molecule has 0 rings (SSSR count). The van der Waals surface area contributed by atoms with E-state index in [1.54, 1.807) is 0 Å². The minimum absolute atomic E-state index is 0. The standard InChI is InChI=1S/C2H7NO2S.Na/c1-2(3)6(4)5;/h2H,3H2,1H3,(H,4,5);. The largest absolute Gasteiger partial charge is 0.316 e. The van der Waals surface area contributed by atoms with Gasteiger partial charge < -0.3 is 10.3 Å². The summed E-state index contributed by atoms with van der Waals surface area (Å²) in [5, 5.41) is -0.620. The first-order chi connectivity index (χ1) is 2.64. The van der Waals surface area contributed by atoms with Gasteiger partial charge in [-0.15, -0.1) is 0 Å². The number of hydrogen-bond acceptors (Lipinski definition) is 2. The van der Waals surface area contributed by atoms with Crippen molar-refractivity contribution in [2.24, 2.45) is 5.73 Å². The summed E-state index contributed by atoms with van der Waals surface area (Å²) >= 11 is -1.84. The Morgan fingerprint density at radius 3 is 2.00 bits per heavy atom. The van der Waals surface area contributed by atoms with E-state index in [4.69, 9.17) is 10.3 Å². The summed E-state index contributed by atoms with van der Waals surface area (Å²) in [5.41, 5.74) is 4.89. The zero-order valence-corrected chi connectivity index (χ0v) is 7.23. The van der Waals surface area contributed by atoms with Crippen LogP contribution in [0.3, 0.4) is 0 Å². The Bertz CT molecular complexity index is 66.7. The third-order valence-electron chi connectivity index (χ3n) is 0.318. The SMILES string of the molecule is CC(N)S(=O)O.[Na]. The van der Waals surface area contributed by atoms with E-state index >= 15 is 0 Å². The van der Waals surface area contributed by atoms with E-state index < -0.39 is 16.5 Å². The molecule has 0 saturated carbocycles. The smallest absolute Gasteiger partial charge is 0.170 e. The van der Waals surface area contributed by atoms with Crippen molar-refractivity contribution in [1.29, 1.82) is 0 Å². The van der Waals surface area contributed by atoms with Crippen LogP contribution in [0.5, 0.6) is 0 Å². The van der Waals surface area contributed by atoms with E-state index in [2.05, 4.69) is 0 Å². The van der Waals surface area contributed by atoms with Gasteiger partial charge in [0.2, 0.25) is 0 Å². The summed E-state index contributed by atoms with van der Waals surface area (Å²) in [6.45, 7) is 1.47. The molecular weight excluding hydrogens is 125 g/mol. The summed E-state index contributed by atoms with van der Waals surface area (Å²) < 4.78 is 17.7. The van der Waals surface area contributed by atoms with E-state index in [1.807, 2.05) is 0 Å². The first-order valence-corrected chi connectivity index (χ1v) is 2.67. The molecule has 0 amide bonds. The van der Waals surface area contributed by atoms with Crippen molar-refractivity contribution in [3.05, 3.63) is 0 Å². The Kier molecular flexibility index (Phi) is 8.15. The molecule has 0 spiro atoms. The summed E-state index contributed by atoms with van der Waals surface area (Å²) in [4.78, 5) is 0. The van der Waals surface area contributed by atoms with Gasteiger partial charge in [0, 0.05) is 29.6 Å². The molecule has 3 nitrogen and oxygen atoms in total. The Balaban J connectivity index is 0. The van der Waals surface area contributed by atoms with Crippen LogP contribution in [0.15, 0.2) is 0 Å². The van der Waals surface area contributed by atoms with Crippen molar-refractivity contribution in [2.45, 2.75) is 12.3 Å². The molecule has 0 aliphatic rings. The van der Waals surface area contributed by atoms with Crippen LogP contribution in [-0.4, -0.2) is 43.7 Å². The minimum Gasteiger partial charge on any atom is -0.316 e. The van der Waals surface area contributed by atoms with E-state index in [9.17, 15) is 4.21 Å². The molecule has 7 heavy (non-hydrogen) atoms. The fourth-order valence-electron chi connectivity index (χ4n) is 0. The molecule has 0 aliphatic carbocycles. The number of hydrogen-bond donors (Lipinski definition) is 2. The molecule has 0 aromatic carbocycles. The van der Waals surface area contributed by atoms with Gasteiger partial charge in [-0.2, -0.15) is 0 Å². The first kappa shape index (κ1) is 10.9. The van der Waals surface area contributed by atoms with E-state index in [0.717, 1.165) is 0 Å². The van der Waals surface area contributed by atoms with Crippen molar-refractivity contribution in [3.8, 4) is 0 Å². The first-order valence-electron chi connectivity index (χ1n) is 1.50. The predicted molar refractivity (Wildman–Crippen MR) is 30.2 cm³/mol. The molecule has 0 bridgehead atoms. The van der Waals surface area contributed by atoms with Crippen molar-refractivity contribution in [3.63, 3.8) is 0 Å². The van der Waals surface area contributed by atoms with Gasteiger partial charge >= 0.3 is 0 Å². The van der Waals surface area contributed by atoms with Crippen molar-refractivity contribution < 1.29 is 8.76 Å². The van der Waals surface area contributed by atoms with E-state index in [-0.39, 0.29) is 29.6 Å². The second-order valence-corrected chi connectivity index (χ2v) is 2.28. The normalized spacial score (nSPS) is 17.0. The molecule has 0 aromatic heterocycles. The van der Waals surface area contributed by atoms with Gasteiger partial charge in [-0.3, -0.25) is 0 Å². The van der Waals surface area contributed by atoms with Gasteiger partial charge in [0.25, 0.3) is 0 Å². The van der Waals surface area contributed by atoms with Crippen LogP contribution in [0.1, 0.15) is 6.92 Å². The fraction of sp³-hybridized carbons (Fsp3) is 1.00. The van der Waals surface area contributed by atoms with Crippen LogP contribution < -0.4 is 5.73 Å². The monoisotopic (exact) mass is 132 g/mol. The van der Waals surface area contributed by atoms with Gasteiger partial charge in [-0.25, -0.2) is 4.21 Å². The molecule has 2 atom stereocenters. The zero-order chi connectivity index (χ0) is 5.15. The van der Waals surface area contributed by atoms with Gasteiger partial charge in [0.05, 0.1) is 0 Å². The van der Waals surface area contributed by atoms with Gasteiger partial charge in [0.1, 0.15) is 5.37 Å². The van der Waals surface area contributed by atoms with Gasteiger partial charge in [0.15, 0.2) is 11.1 Å². The van der Waals surface area contributed by atoms with Crippen LogP contribution in [0.2, 0.25) is 0 Å². The average Bonchev–Trinajstić information content (AvgIpc) is 1.36. The molecule has 5 heteroatoms. The van der Waals surface area contributed by atoms with Crippen LogP contribution in [0.4, 0.5) is 0 Å². The van der Waals surface area contributed by atoms with Crippen molar-refractivity contribution >= 4 is 40.6 Å². The second kappa shape index (κ2) is 5.21. The molecule has 2 unspecified atom stereocenters. The fourth-order valence-corrected chi connectivity index (χ4v) is 0. The maximum absolute atomic E-state index is 9.69. The minimum atomic E-state index is -1.84. The van der Waals surface area contributed by atoms with Gasteiger partial charge in [-0.05, 0) is 6.92 Å². The van der Waals surface area contributed by atoms with Crippen molar-refractivity contribution in [1.82, 2.24) is 0 Å². The Hall–Kier alpha value is 1.07. The maximum Gasteiger partial charge on any atom is 0.170 e. The van der Waals surface area contributed by atoms with E-state index in [0.29, 0.717) is 0 Å². The average molecular weight is 132 g/mol. The Labute approximate surface area is 67.2 Å². The molecule has 0 heterocycles. The molecular formula is C2H7NNaO2S. The van der Waals surface area contributed by atoms with E-state index in [1.165, 1.54) is 6.92 Å². The summed E-state index contributed by atoms with van der Waals surface area (Å²) in [6.07, 6.45) is 0. The van der Waals surface area contributed by atoms with Crippen LogP contribution in [0.25, 0.3) is 0 Å². The summed E-state index contributed by atoms with van der Waals surface area (Å²) in [7, 11) is 0. The predicted octanol–water partition coefficient (Wildman–Crippen LogP) is -0.868. The molecule has 0 aliphatic heterocycles. The number of rotatable bonds is 1. The third kappa shape index (κ3) is 7.07. The van der Waals surface area contributed by atoms with Gasteiger partial charge in [-0.1, -0.05) is 0 Å². The number of nitrogens with two attached hydrogens (primary N) is 1.